The second kappa shape index (κ2) is 7.13. The lowest BCUT2D eigenvalue weighted by Crippen LogP contribution is -2.25. The summed E-state index contributed by atoms with van der Waals surface area (Å²) >= 11 is 11.9. The molecule has 1 aromatic carbocycles. The molecule has 2 N–H and O–H groups in total. The van der Waals surface area contributed by atoms with Crippen molar-refractivity contribution in [2.24, 2.45) is 5.92 Å². The summed E-state index contributed by atoms with van der Waals surface area (Å²) in [6.07, 6.45) is 0.869. The Morgan fingerprint density at radius 3 is 2.75 bits per heavy atom. The van der Waals surface area contributed by atoms with Crippen molar-refractivity contribution in [2.75, 3.05) is 19.7 Å². The van der Waals surface area contributed by atoms with Crippen molar-refractivity contribution in [2.45, 2.75) is 13.3 Å². The van der Waals surface area contributed by atoms with Crippen LogP contribution in [0.5, 0.6) is 0 Å². The first-order chi connectivity index (χ1) is 7.63. The zero-order valence-corrected chi connectivity index (χ0v) is 10.9. The van der Waals surface area contributed by atoms with Gasteiger partial charge in [-0.25, -0.2) is 0 Å². The summed E-state index contributed by atoms with van der Waals surface area (Å²) < 4.78 is 0. The van der Waals surface area contributed by atoms with E-state index in [0.717, 1.165) is 25.1 Å². The van der Waals surface area contributed by atoms with Gasteiger partial charge in [-0.3, -0.25) is 0 Å². The highest BCUT2D eigenvalue weighted by Gasteiger charge is 2.02. The minimum Gasteiger partial charge on any atom is -0.396 e. The van der Waals surface area contributed by atoms with Crippen LogP contribution in [-0.4, -0.2) is 24.8 Å². The molecule has 0 saturated carbocycles. The number of aliphatic hydroxyl groups excluding tert-OH is 1. The molecule has 1 aromatic rings. The predicted molar refractivity (Wildman–Crippen MR) is 69.3 cm³/mol. The highest BCUT2D eigenvalue weighted by molar-refractivity contribution is 6.35. The Bertz CT molecular complexity index is 331. The first-order valence-electron chi connectivity index (χ1n) is 5.39. The minimum atomic E-state index is 0.217. The third-order valence-electron chi connectivity index (χ3n) is 2.39. The molecule has 0 radical (unpaired) electrons. The number of nitrogens with one attached hydrogen (secondary N) is 1. The molecule has 0 fully saturated rings. The largest absolute Gasteiger partial charge is 0.396 e. The van der Waals surface area contributed by atoms with E-state index >= 15 is 0 Å². The lowest BCUT2D eigenvalue weighted by atomic mass is 10.1. The van der Waals surface area contributed by atoms with Gasteiger partial charge in [-0.05, 0) is 43.1 Å². The normalized spacial score (nSPS) is 12.8. The summed E-state index contributed by atoms with van der Waals surface area (Å²) in [7, 11) is 0. The van der Waals surface area contributed by atoms with E-state index in [-0.39, 0.29) is 6.61 Å². The van der Waals surface area contributed by atoms with Crippen LogP contribution >= 0.6 is 23.2 Å². The number of hydrogen-bond donors (Lipinski definition) is 2. The molecule has 0 aliphatic carbocycles. The van der Waals surface area contributed by atoms with Gasteiger partial charge >= 0.3 is 0 Å². The highest BCUT2D eigenvalue weighted by atomic mass is 35.5. The van der Waals surface area contributed by atoms with Crippen LogP contribution in [0.4, 0.5) is 0 Å². The summed E-state index contributed by atoms with van der Waals surface area (Å²) in [6, 6.07) is 5.55. The van der Waals surface area contributed by atoms with Crippen molar-refractivity contribution in [1.82, 2.24) is 5.32 Å². The third-order valence-corrected chi connectivity index (χ3v) is 2.98. The molecule has 0 bridgehead atoms. The standard InChI is InChI=1S/C12H17Cl2NO/c1-9(8-16)7-15-5-4-10-2-3-11(13)6-12(10)14/h2-3,6,9,15-16H,4-5,7-8H2,1H3. The molecule has 16 heavy (non-hydrogen) atoms. The maximum atomic E-state index is 8.85. The summed E-state index contributed by atoms with van der Waals surface area (Å²) in [5.41, 5.74) is 1.09. The molecule has 0 spiro atoms. The molecule has 0 aromatic heterocycles. The smallest absolute Gasteiger partial charge is 0.0468 e. The molecule has 0 amide bonds. The number of halogens is 2. The molecule has 2 nitrogen and oxygen atoms in total. The molecule has 1 unspecified atom stereocenters. The SMILES string of the molecule is CC(CO)CNCCc1ccc(Cl)cc1Cl. The lowest BCUT2D eigenvalue weighted by Gasteiger charge is -2.10. The maximum Gasteiger partial charge on any atom is 0.0468 e. The van der Waals surface area contributed by atoms with Crippen LogP contribution in [0.3, 0.4) is 0 Å². The predicted octanol–water partition coefficient (Wildman–Crippen LogP) is 2.75. The Hall–Kier alpha value is -0.280. The third kappa shape index (κ3) is 4.71. The van der Waals surface area contributed by atoms with Crippen LogP contribution < -0.4 is 5.32 Å². The van der Waals surface area contributed by atoms with E-state index < -0.39 is 0 Å². The summed E-state index contributed by atoms with van der Waals surface area (Å²) in [5.74, 6) is 0.292. The van der Waals surface area contributed by atoms with Gasteiger partial charge < -0.3 is 10.4 Å². The lowest BCUT2D eigenvalue weighted by molar-refractivity contribution is 0.234. The number of benzene rings is 1. The van der Waals surface area contributed by atoms with E-state index in [0.29, 0.717) is 16.0 Å². The second-order valence-electron chi connectivity index (χ2n) is 3.98. The van der Waals surface area contributed by atoms with E-state index in [1.165, 1.54) is 0 Å². The van der Waals surface area contributed by atoms with Crippen molar-refractivity contribution in [1.29, 1.82) is 0 Å². The van der Waals surface area contributed by atoms with Crippen LogP contribution in [-0.2, 0) is 6.42 Å². The van der Waals surface area contributed by atoms with E-state index in [1.54, 1.807) is 6.07 Å². The highest BCUT2D eigenvalue weighted by Crippen LogP contribution is 2.20. The summed E-state index contributed by atoms with van der Waals surface area (Å²) in [6.45, 7) is 3.89. The zero-order valence-electron chi connectivity index (χ0n) is 9.34. The number of rotatable bonds is 6. The van der Waals surface area contributed by atoms with Gasteiger partial charge in [-0.2, -0.15) is 0 Å². The van der Waals surface area contributed by atoms with Crippen LogP contribution in [0, 0.1) is 5.92 Å². The molecular formula is C12H17Cl2NO. The van der Waals surface area contributed by atoms with Gasteiger partial charge in [0.1, 0.15) is 0 Å². The molecule has 0 aliphatic heterocycles. The summed E-state index contributed by atoms with van der Waals surface area (Å²) in [5, 5.41) is 13.5. The Morgan fingerprint density at radius 2 is 2.12 bits per heavy atom. The van der Waals surface area contributed by atoms with E-state index in [9.17, 15) is 0 Å². The minimum absolute atomic E-state index is 0.217. The Kier molecular flexibility index (Phi) is 6.14. The average molecular weight is 262 g/mol. The second-order valence-corrected chi connectivity index (χ2v) is 4.82. The van der Waals surface area contributed by atoms with Gasteiger partial charge in [0.25, 0.3) is 0 Å². The van der Waals surface area contributed by atoms with E-state index in [1.807, 2.05) is 19.1 Å². The molecule has 4 heteroatoms. The van der Waals surface area contributed by atoms with Gasteiger partial charge in [0.15, 0.2) is 0 Å². The maximum absolute atomic E-state index is 8.85. The van der Waals surface area contributed by atoms with Gasteiger partial charge in [-0.15, -0.1) is 0 Å². The van der Waals surface area contributed by atoms with Crippen molar-refractivity contribution >= 4 is 23.2 Å². The molecule has 90 valence electrons. The Morgan fingerprint density at radius 1 is 1.38 bits per heavy atom. The zero-order chi connectivity index (χ0) is 12.0. The quantitative estimate of drug-likeness (QED) is 0.772. The molecule has 0 heterocycles. The fraction of sp³-hybridized carbons (Fsp3) is 0.500. The molecule has 1 rings (SSSR count). The van der Waals surface area contributed by atoms with Gasteiger partial charge in [-0.1, -0.05) is 36.2 Å². The van der Waals surface area contributed by atoms with Gasteiger partial charge in [0, 0.05) is 16.7 Å². The number of hydrogen-bond acceptors (Lipinski definition) is 2. The first kappa shape index (κ1) is 13.8. The molecule has 0 aliphatic rings. The van der Waals surface area contributed by atoms with Crippen LogP contribution in [0.15, 0.2) is 18.2 Å². The van der Waals surface area contributed by atoms with Gasteiger partial charge in [0.05, 0.1) is 0 Å². The topological polar surface area (TPSA) is 32.3 Å². The fourth-order valence-corrected chi connectivity index (χ4v) is 1.86. The van der Waals surface area contributed by atoms with E-state index in [2.05, 4.69) is 5.32 Å². The first-order valence-corrected chi connectivity index (χ1v) is 6.14. The molecule has 1 atom stereocenters. The Labute approximate surface area is 107 Å². The van der Waals surface area contributed by atoms with Crippen LogP contribution in [0.2, 0.25) is 10.0 Å². The molecular weight excluding hydrogens is 245 g/mol. The molecule has 0 saturated heterocycles. The average Bonchev–Trinajstić information content (AvgIpc) is 2.26. The fourth-order valence-electron chi connectivity index (χ4n) is 1.36. The Balaban J connectivity index is 2.32. The number of aliphatic hydroxyl groups is 1. The van der Waals surface area contributed by atoms with Crippen molar-refractivity contribution in [3.05, 3.63) is 33.8 Å². The van der Waals surface area contributed by atoms with Crippen LogP contribution in [0.1, 0.15) is 12.5 Å². The summed E-state index contributed by atoms with van der Waals surface area (Å²) in [4.78, 5) is 0. The van der Waals surface area contributed by atoms with Crippen molar-refractivity contribution in [3.63, 3.8) is 0 Å². The van der Waals surface area contributed by atoms with E-state index in [4.69, 9.17) is 28.3 Å². The monoisotopic (exact) mass is 261 g/mol. The van der Waals surface area contributed by atoms with Gasteiger partial charge in [0.2, 0.25) is 0 Å². The van der Waals surface area contributed by atoms with Crippen molar-refractivity contribution < 1.29 is 5.11 Å². The van der Waals surface area contributed by atoms with Crippen molar-refractivity contribution in [3.8, 4) is 0 Å². The van der Waals surface area contributed by atoms with Crippen LogP contribution in [0.25, 0.3) is 0 Å².